The zero-order valence-electron chi connectivity index (χ0n) is 14.6. The van der Waals surface area contributed by atoms with Crippen LogP contribution in [0.5, 0.6) is 11.5 Å². The van der Waals surface area contributed by atoms with Crippen LogP contribution in [-0.2, 0) is 10.0 Å². The summed E-state index contributed by atoms with van der Waals surface area (Å²) in [5.41, 5.74) is 7.56. The summed E-state index contributed by atoms with van der Waals surface area (Å²) in [5, 5.41) is 2.71. The van der Waals surface area contributed by atoms with E-state index < -0.39 is 15.9 Å². The number of carbonyl (C=O) groups excluding carboxylic acids is 1. The molecule has 9 heteroatoms. The van der Waals surface area contributed by atoms with E-state index in [1.165, 1.54) is 12.1 Å². The number of fused-ring (bicyclic) bond motifs is 1. The van der Waals surface area contributed by atoms with Crippen LogP contribution in [0.4, 0.5) is 11.4 Å². The Morgan fingerprint density at radius 2 is 1.85 bits per heavy atom. The highest BCUT2D eigenvalue weighted by Gasteiger charge is 2.28. The summed E-state index contributed by atoms with van der Waals surface area (Å²) in [4.78, 5) is 12.8. The van der Waals surface area contributed by atoms with Crippen LogP contribution in [0.1, 0.15) is 28.8 Å². The van der Waals surface area contributed by atoms with Crippen LogP contribution in [-0.4, -0.2) is 27.2 Å². The number of benzene rings is 2. The molecule has 0 atom stereocenters. The Hall–Kier alpha value is -2.78. The molecule has 0 spiro atoms. The van der Waals surface area contributed by atoms with Gasteiger partial charge in [-0.05, 0) is 37.5 Å². The first-order valence-electron chi connectivity index (χ1n) is 8.47. The summed E-state index contributed by atoms with van der Waals surface area (Å²) in [6, 6.07) is 7.62. The standard InChI is InChI=1S/C18H19N3O5S/c1-10-2-5-12(27(23,24)21-11-3-4-11)6-13(10)18(22)20-15-8-17-16(7-14(15)19)25-9-26-17/h2,5-8,11,21H,3-4,9,19H2,1H3,(H,20,22). The number of hydrogen-bond acceptors (Lipinski definition) is 6. The average molecular weight is 389 g/mol. The molecule has 1 heterocycles. The first-order valence-corrected chi connectivity index (χ1v) is 9.95. The summed E-state index contributed by atoms with van der Waals surface area (Å²) in [7, 11) is -3.65. The molecule has 1 amide bonds. The van der Waals surface area contributed by atoms with E-state index in [1.807, 2.05) is 0 Å². The number of sulfonamides is 1. The lowest BCUT2D eigenvalue weighted by atomic mass is 10.1. The Kier molecular flexibility index (Phi) is 4.20. The van der Waals surface area contributed by atoms with Gasteiger partial charge in [-0.15, -0.1) is 0 Å². The number of nitrogens with one attached hydrogen (secondary N) is 2. The minimum atomic E-state index is -3.65. The molecule has 0 saturated heterocycles. The molecule has 8 nitrogen and oxygen atoms in total. The number of nitrogens with two attached hydrogens (primary N) is 1. The topological polar surface area (TPSA) is 120 Å². The number of ether oxygens (including phenoxy) is 2. The van der Waals surface area contributed by atoms with E-state index in [-0.39, 0.29) is 23.3 Å². The van der Waals surface area contributed by atoms with Crippen molar-refractivity contribution in [1.82, 2.24) is 4.72 Å². The van der Waals surface area contributed by atoms with E-state index >= 15 is 0 Å². The van der Waals surface area contributed by atoms with Crippen LogP contribution < -0.4 is 25.2 Å². The van der Waals surface area contributed by atoms with Crippen molar-refractivity contribution >= 4 is 27.3 Å². The number of rotatable bonds is 5. The minimum Gasteiger partial charge on any atom is -0.454 e. The third-order valence-corrected chi connectivity index (χ3v) is 5.97. The molecule has 2 aromatic rings. The largest absolute Gasteiger partial charge is 0.454 e. The van der Waals surface area contributed by atoms with E-state index in [4.69, 9.17) is 15.2 Å². The van der Waals surface area contributed by atoms with Crippen LogP contribution in [0.15, 0.2) is 35.2 Å². The predicted molar refractivity (Wildman–Crippen MR) is 99.5 cm³/mol. The SMILES string of the molecule is Cc1ccc(S(=O)(=O)NC2CC2)cc1C(=O)Nc1cc2c(cc1N)OCO2. The third-order valence-electron chi connectivity index (χ3n) is 4.46. The van der Waals surface area contributed by atoms with E-state index in [0.29, 0.717) is 28.4 Å². The van der Waals surface area contributed by atoms with Crippen molar-refractivity contribution in [2.75, 3.05) is 17.8 Å². The number of anilines is 2. The van der Waals surface area contributed by atoms with Gasteiger partial charge >= 0.3 is 0 Å². The highest BCUT2D eigenvalue weighted by atomic mass is 32.2. The Morgan fingerprint density at radius 3 is 2.56 bits per heavy atom. The van der Waals surface area contributed by atoms with Gasteiger partial charge < -0.3 is 20.5 Å². The smallest absolute Gasteiger partial charge is 0.256 e. The van der Waals surface area contributed by atoms with Crippen LogP contribution >= 0.6 is 0 Å². The molecule has 27 heavy (non-hydrogen) atoms. The zero-order valence-corrected chi connectivity index (χ0v) is 15.4. The fourth-order valence-electron chi connectivity index (χ4n) is 2.76. The number of nitrogen functional groups attached to an aromatic ring is 1. The molecule has 0 bridgehead atoms. The highest BCUT2D eigenvalue weighted by Crippen LogP contribution is 2.38. The minimum absolute atomic E-state index is 0.0120. The second-order valence-electron chi connectivity index (χ2n) is 6.62. The molecule has 1 fully saturated rings. The number of aryl methyl sites for hydroxylation is 1. The first kappa shape index (κ1) is 17.6. The number of hydrogen-bond donors (Lipinski definition) is 3. The van der Waals surface area contributed by atoms with Gasteiger partial charge in [0.15, 0.2) is 11.5 Å². The monoisotopic (exact) mass is 389 g/mol. The summed E-state index contributed by atoms with van der Waals surface area (Å²) < 4.78 is 38.0. The summed E-state index contributed by atoms with van der Waals surface area (Å²) in [6.45, 7) is 1.84. The lowest BCUT2D eigenvalue weighted by molar-refractivity contribution is 0.102. The Bertz CT molecular complexity index is 1030. The van der Waals surface area contributed by atoms with Crippen molar-refractivity contribution in [1.29, 1.82) is 0 Å². The maximum Gasteiger partial charge on any atom is 0.256 e. The molecule has 142 valence electrons. The van der Waals surface area contributed by atoms with Gasteiger partial charge in [0.25, 0.3) is 5.91 Å². The van der Waals surface area contributed by atoms with Crippen molar-refractivity contribution < 1.29 is 22.7 Å². The van der Waals surface area contributed by atoms with Gasteiger partial charge in [0.05, 0.1) is 16.3 Å². The molecule has 4 rings (SSSR count). The molecule has 0 radical (unpaired) electrons. The quantitative estimate of drug-likeness (QED) is 0.673. The lowest BCUT2D eigenvalue weighted by Crippen LogP contribution is -2.26. The normalized spacial score (nSPS) is 15.6. The van der Waals surface area contributed by atoms with E-state index in [9.17, 15) is 13.2 Å². The Balaban J connectivity index is 1.61. The van der Waals surface area contributed by atoms with Crippen molar-refractivity contribution in [3.63, 3.8) is 0 Å². The van der Waals surface area contributed by atoms with Gasteiger partial charge in [0.1, 0.15) is 0 Å². The maximum absolute atomic E-state index is 12.7. The first-order chi connectivity index (χ1) is 12.8. The molecule has 0 unspecified atom stereocenters. The molecular weight excluding hydrogens is 370 g/mol. The molecule has 1 saturated carbocycles. The Labute approximate surface area is 156 Å². The van der Waals surface area contributed by atoms with Crippen molar-refractivity contribution in [2.45, 2.75) is 30.7 Å². The third kappa shape index (κ3) is 3.56. The van der Waals surface area contributed by atoms with E-state index in [1.54, 1.807) is 25.1 Å². The van der Waals surface area contributed by atoms with Crippen LogP contribution in [0.2, 0.25) is 0 Å². The van der Waals surface area contributed by atoms with Gasteiger partial charge in [-0.2, -0.15) is 0 Å². The average Bonchev–Trinajstić information content (AvgIpc) is 3.30. The summed E-state index contributed by atoms with van der Waals surface area (Å²) >= 11 is 0. The predicted octanol–water partition coefficient (Wildman–Crippen LogP) is 2.00. The van der Waals surface area contributed by atoms with Gasteiger partial charge in [0, 0.05) is 23.7 Å². The van der Waals surface area contributed by atoms with Crippen molar-refractivity contribution in [2.24, 2.45) is 0 Å². The molecule has 2 aromatic carbocycles. The zero-order chi connectivity index (χ0) is 19.2. The highest BCUT2D eigenvalue weighted by molar-refractivity contribution is 7.89. The second kappa shape index (κ2) is 6.43. The fraction of sp³-hybridized carbons (Fsp3) is 0.278. The molecule has 0 aromatic heterocycles. The van der Waals surface area contributed by atoms with Crippen LogP contribution in [0.25, 0.3) is 0 Å². The molecule has 1 aliphatic heterocycles. The summed E-state index contributed by atoms with van der Waals surface area (Å²) in [5.74, 6) is 0.545. The second-order valence-corrected chi connectivity index (χ2v) is 8.33. The van der Waals surface area contributed by atoms with Gasteiger partial charge in [-0.25, -0.2) is 13.1 Å². The Morgan fingerprint density at radius 1 is 1.15 bits per heavy atom. The van der Waals surface area contributed by atoms with Crippen LogP contribution in [0, 0.1) is 6.92 Å². The maximum atomic E-state index is 12.7. The van der Waals surface area contributed by atoms with Crippen molar-refractivity contribution in [3.05, 3.63) is 41.5 Å². The fourth-order valence-corrected chi connectivity index (χ4v) is 4.09. The number of carbonyl (C=O) groups is 1. The van der Waals surface area contributed by atoms with Crippen LogP contribution in [0.3, 0.4) is 0 Å². The van der Waals surface area contributed by atoms with Crippen molar-refractivity contribution in [3.8, 4) is 11.5 Å². The molecule has 4 N–H and O–H groups in total. The lowest BCUT2D eigenvalue weighted by Gasteiger charge is -2.12. The van der Waals surface area contributed by atoms with Gasteiger partial charge in [-0.3, -0.25) is 4.79 Å². The van der Waals surface area contributed by atoms with E-state index in [0.717, 1.165) is 12.8 Å². The van der Waals surface area contributed by atoms with Gasteiger partial charge in [0.2, 0.25) is 16.8 Å². The van der Waals surface area contributed by atoms with E-state index in [2.05, 4.69) is 10.0 Å². The molecular formula is C18H19N3O5S. The molecule has 2 aliphatic rings. The summed E-state index contributed by atoms with van der Waals surface area (Å²) in [6.07, 6.45) is 1.67. The molecule has 1 aliphatic carbocycles. The number of amides is 1. The van der Waals surface area contributed by atoms with Gasteiger partial charge in [-0.1, -0.05) is 6.07 Å².